The number of ether oxygens (including phenoxy) is 2. The summed E-state index contributed by atoms with van der Waals surface area (Å²) in [5, 5.41) is 3.29. The second-order valence-electron chi connectivity index (χ2n) is 18.8. The zero-order valence-electron chi connectivity index (χ0n) is 32.4. The Labute approximate surface area is 304 Å². The molecule has 1 N–H and O–H groups in total. The maximum absolute atomic E-state index is 14.8. The van der Waals surface area contributed by atoms with Gasteiger partial charge in [0.25, 0.3) is 0 Å². The highest BCUT2D eigenvalue weighted by molar-refractivity contribution is 5.84. The number of rotatable bonds is 8. The van der Waals surface area contributed by atoms with Crippen LogP contribution in [0.1, 0.15) is 138 Å². The highest BCUT2D eigenvalue weighted by Crippen LogP contribution is 2.82. The number of carbonyl (C=O) groups excluding carboxylic acids is 2. The number of fused-ring (bicyclic) bond motifs is 7. The Morgan fingerprint density at radius 3 is 2.16 bits per heavy atom. The summed E-state index contributed by atoms with van der Waals surface area (Å²) in [5.41, 5.74) is 1.58. The summed E-state index contributed by atoms with van der Waals surface area (Å²) in [7, 11) is 0. The Balaban J connectivity index is 1.33. The molecule has 5 fully saturated rings. The zero-order valence-corrected chi connectivity index (χ0v) is 32.4. The van der Waals surface area contributed by atoms with E-state index in [0.717, 1.165) is 82.6 Å². The summed E-state index contributed by atoms with van der Waals surface area (Å²) in [6, 6.07) is 5.81. The first-order valence-electron chi connectivity index (χ1n) is 19.7. The van der Waals surface area contributed by atoms with E-state index in [1.807, 2.05) is 0 Å². The van der Waals surface area contributed by atoms with Gasteiger partial charge in [-0.15, -0.1) is 13.2 Å². The van der Waals surface area contributed by atoms with E-state index in [1.165, 1.54) is 24.6 Å². The molecule has 5 aliphatic rings. The molecule has 1 aromatic rings. The first-order chi connectivity index (χ1) is 23.7. The molecule has 0 aromatic heterocycles. The van der Waals surface area contributed by atoms with Gasteiger partial charge < -0.3 is 14.8 Å². The second-order valence-corrected chi connectivity index (χ2v) is 18.8. The molecule has 6 unspecified atom stereocenters. The lowest BCUT2D eigenvalue weighted by Gasteiger charge is -2.76. The van der Waals surface area contributed by atoms with Gasteiger partial charge in [0.2, 0.25) is 5.91 Å². The maximum atomic E-state index is 14.8. The topological polar surface area (TPSA) is 64.6 Å². The third-order valence-corrected chi connectivity index (χ3v) is 16.5. The molecule has 0 spiro atoms. The van der Waals surface area contributed by atoms with Crippen LogP contribution >= 0.6 is 0 Å². The summed E-state index contributed by atoms with van der Waals surface area (Å²) in [5.74, 6) is 1.12. The molecule has 0 bridgehead atoms. The highest BCUT2D eigenvalue weighted by Gasteiger charge is 2.76. The van der Waals surface area contributed by atoms with E-state index < -0.39 is 11.8 Å². The lowest BCUT2D eigenvalue weighted by atomic mass is 9.28. The molecule has 10 atom stereocenters. The molecule has 5 aliphatic carbocycles. The molecule has 1 aromatic carbocycles. The largest absolute Gasteiger partial charge is 0.573 e. The van der Waals surface area contributed by atoms with Gasteiger partial charge in [-0.2, -0.15) is 0 Å². The van der Waals surface area contributed by atoms with Crippen molar-refractivity contribution in [3.63, 3.8) is 0 Å². The lowest BCUT2D eigenvalue weighted by Crippen LogP contribution is -2.71. The van der Waals surface area contributed by atoms with Crippen molar-refractivity contribution in [2.75, 3.05) is 0 Å². The average molecular weight is 714 g/mol. The van der Waals surface area contributed by atoms with Gasteiger partial charge in [-0.25, -0.2) is 0 Å². The summed E-state index contributed by atoms with van der Waals surface area (Å²) in [6.45, 7) is 23.3. The van der Waals surface area contributed by atoms with E-state index in [9.17, 15) is 22.8 Å². The second kappa shape index (κ2) is 12.8. The smallest absolute Gasteiger partial charge is 0.462 e. The van der Waals surface area contributed by atoms with Gasteiger partial charge in [0.05, 0.1) is 5.41 Å². The van der Waals surface area contributed by atoms with E-state index in [1.54, 1.807) is 12.1 Å². The van der Waals surface area contributed by atoms with Crippen LogP contribution in [-0.4, -0.2) is 24.3 Å². The molecular weight excluding hydrogens is 651 g/mol. The Morgan fingerprint density at radius 2 is 1.55 bits per heavy atom. The predicted octanol–water partition coefficient (Wildman–Crippen LogP) is 11.0. The number of carbonyl (C=O) groups is 2. The van der Waals surface area contributed by atoms with Gasteiger partial charge in [-0.05, 0) is 141 Å². The number of hydrogen-bond donors (Lipinski definition) is 1. The molecule has 8 heteroatoms. The molecule has 284 valence electrons. The molecule has 0 heterocycles. The SMILES string of the molecule is C=C(C)[C@@H]1CCC2(C(=O)NCc3ccc(OC(F)(F)F)cc3)CC[C@]3(C)[C@](CCC)(CCC4C5(C)CCC(OC(C)=O)C(C)(C)C5CC[C@]43C)C12. The van der Waals surface area contributed by atoms with Crippen LogP contribution in [0.25, 0.3) is 0 Å². The fraction of sp³-hybridized carbons (Fsp3) is 0.767. The molecule has 51 heavy (non-hydrogen) atoms. The number of nitrogens with one attached hydrogen (secondary N) is 1. The summed E-state index contributed by atoms with van der Waals surface area (Å²) in [6.07, 6.45) is 7.53. The Morgan fingerprint density at radius 1 is 0.882 bits per heavy atom. The molecule has 5 saturated carbocycles. The minimum absolute atomic E-state index is 0.0209. The van der Waals surface area contributed by atoms with Crippen molar-refractivity contribution >= 4 is 11.9 Å². The summed E-state index contributed by atoms with van der Waals surface area (Å²) < 4.78 is 48.2. The number of benzene rings is 1. The number of amides is 1. The normalized spacial score (nSPS) is 41.3. The van der Waals surface area contributed by atoms with E-state index >= 15 is 0 Å². The van der Waals surface area contributed by atoms with Crippen LogP contribution in [-0.2, 0) is 20.9 Å². The maximum Gasteiger partial charge on any atom is 0.573 e. The molecular formula is C43H62F3NO4. The number of halogens is 3. The number of esters is 1. The molecule has 0 saturated heterocycles. The Bertz CT molecular complexity index is 1520. The van der Waals surface area contributed by atoms with Crippen molar-refractivity contribution in [3.05, 3.63) is 42.0 Å². The van der Waals surface area contributed by atoms with Crippen molar-refractivity contribution in [2.24, 2.45) is 56.2 Å². The van der Waals surface area contributed by atoms with Gasteiger partial charge in [0, 0.05) is 18.9 Å². The van der Waals surface area contributed by atoms with Crippen LogP contribution in [0.15, 0.2) is 36.4 Å². The minimum atomic E-state index is -4.75. The minimum Gasteiger partial charge on any atom is -0.462 e. The van der Waals surface area contributed by atoms with Gasteiger partial charge in [-0.3, -0.25) is 9.59 Å². The summed E-state index contributed by atoms with van der Waals surface area (Å²) in [4.78, 5) is 26.9. The van der Waals surface area contributed by atoms with Crippen LogP contribution in [0.3, 0.4) is 0 Å². The van der Waals surface area contributed by atoms with Crippen molar-refractivity contribution < 1.29 is 32.2 Å². The van der Waals surface area contributed by atoms with E-state index in [-0.39, 0.29) is 69.2 Å². The highest BCUT2D eigenvalue weighted by atomic mass is 19.4. The Hall–Kier alpha value is -2.51. The number of alkyl halides is 3. The van der Waals surface area contributed by atoms with Crippen LogP contribution in [0.5, 0.6) is 5.75 Å². The molecule has 0 aliphatic heterocycles. The lowest BCUT2D eigenvalue weighted by molar-refractivity contribution is -0.282. The van der Waals surface area contributed by atoms with Crippen LogP contribution < -0.4 is 10.1 Å². The van der Waals surface area contributed by atoms with Gasteiger partial charge in [0.15, 0.2) is 0 Å². The fourth-order valence-corrected chi connectivity index (χ4v) is 14.4. The monoisotopic (exact) mass is 713 g/mol. The van der Waals surface area contributed by atoms with Crippen molar-refractivity contribution in [2.45, 2.75) is 151 Å². The molecule has 5 nitrogen and oxygen atoms in total. The van der Waals surface area contributed by atoms with Crippen LogP contribution in [0, 0.1) is 56.2 Å². The molecule has 0 radical (unpaired) electrons. The molecule has 6 rings (SSSR count). The quantitative estimate of drug-likeness (QED) is 0.215. The van der Waals surface area contributed by atoms with Gasteiger partial charge in [0.1, 0.15) is 11.9 Å². The number of allylic oxidation sites excluding steroid dienone is 1. The first kappa shape index (κ1) is 38.2. The van der Waals surface area contributed by atoms with Crippen molar-refractivity contribution in [1.82, 2.24) is 5.32 Å². The first-order valence-corrected chi connectivity index (χ1v) is 19.7. The standard InChI is InChI=1S/C43H62F3NO4/c1-10-19-42-23-17-33-38(7)20-18-34(50-28(4)48)37(5,6)32(38)16-21-39(33,8)40(42,9)24-25-41(22-15-31(27(2)3)35(41)42)36(49)47-26-29-11-13-30(14-12-29)51-43(44,45)46/h11-14,31-35H,2,10,15-26H2,1,3-9H3,(H,47,49)/t31-,32?,33?,34?,35?,38?,39+,40-,41?,42+/m0/s1. The van der Waals surface area contributed by atoms with Gasteiger partial charge in [-0.1, -0.05) is 72.2 Å². The number of hydrogen-bond acceptors (Lipinski definition) is 4. The molecule has 1 amide bonds. The van der Waals surface area contributed by atoms with E-state index in [4.69, 9.17) is 4.74 Å². The third kappa shape index (κ3) is 5.77. The van der Waals surface area contributed by atoms with Gasteiger partial charge >= 0.3 is 12.3 Å². The average Bonchev–Trinajstić information content (AvgIpc) is 3.45. The van der Waals surface area contributed by atoms with Crippen LogP contribution in [0.2, 0.25) is 0 Å². The van der Waals surface area contributed by atoms with E-state index in [2.05, 4.69) is 65.1 Å². The predicted molar refractivity (Wildman–Crippen MR) is 193 cm³/mol. The fourth-order valence-electron chi connectivity index (χ4n) is 14.4. The third-order valence-electron chi connectivity index (χ3n) is 16.5. The summed E-state index contributed by atoms with van der Waals surface area (Å²) >= 11 is 0. The zero-order chi connectivity index (χ0) is 37.4. The van der Waals surface area contributed by atoms with Crippen molar-refractivity contribution in [1.29, 1.82) is 0 Å². The van der Waals surface area contributed by atoms with E-state index in [0.29, 0.717) is 11.8 Å². The Kier molecular flexibility index (Phi) is 9.61. The van der Waals surface area contributed by atoms with Crippen LogP contribution in [0.4, 0.5) is 13.2 Å². The van der Waals surface area contributed by atoms with Crippen molar-refractivity contribution in [3.8, 4) is 5.75 Å².